The molecule has 0 bridgehead atoms. The smallest absolute Gasteiger partial charge is 0.479 e. The molecule has 3 amide bonds. The number of aromatic carboxylic acids is 1. The van der Waals surface area contributed by atoms with Gasteiger partial charge in [0.15, 0.2) is 10.8 Å². The van der Waals surface area contributed by atoms with Crippen molar-refractivity contribution in [3.63, 3.8) is 0 Å². The maximum Gasteiger partial charge on any atom is 0.512 e. The third kappa shape index (κ3) is 7.86. The fourth-order valence-electron chi connectivity index (χ4n) is 6.10. The van der Waals surface area contributed by atoms with Gasteiger partial charge in [-0.2, -0.15) is 0 Å². The minimum atomic E-state index is -1.75. The van der Waals surface area contributed by atoms with Crippen LogP contribution in [0.15, 0.2) is 45.1 Å². The summed E-state index contributed by atoms with van der Waals surface area (Å²) in [5, 5.41) is 34.2. The summed E-state index contributed by atoms with van der Waals surface area (Å²) in [4.78, 5) is 99.0. The van der Waals surface area contributed by atoms with Crippen molar-refractivity contribution in [1.29, 1.82) is 0 Å². The van der Waals surface area contributed by atoms with E-state index in [1.807, 2.05) is 0 Å². The number of aliphatic carboxylic acids is 1. The van der Waals surface area contributed by atoms with Crippen LogP contribution in [0.1, 0.15) is 23.0 Å². The van der Waals surface area contributed by atoms with Gasteiger partial charge < -0.3 is 55.0 Å². The summed E-state index contributed by atoms with van der Waals surface area (Å²) in [6.45, 7) is 1.24. The van der Waals surface area contributed by atoms with E-state index < -0.39 is 89.0 Å². The Morgan fingerprint density at radius 1 is 1.11 bits per heavy atom. The molecule has 0 saturated carbocycles. The lowest BCUT2D eigenvalue weighted by atomic mass is 10.1. The number of ether oxygens (including phenoxy) is 2. The van der Waals surface area contributed by atoms with E-state index in [1.165, 1.54) is 27.1 Å². The highest BCUT2D eigenvalue weighted by Gasteiger charge is 2.54. The van der Waals surface area contributed by atoms with Gasteiger partial charge in [-0.15, -0.1) is 23.1 Å². The fourth-order valence-corrected chi connectivity index (χ4v) is 7.95. The largest absolute Gasteiger partial charge is 0.512 e. The number of aromatic nitrogens is 2. The Balaban J connectivity index is 1.10. The average molecular weight is 819 g/mol. The number of halogens is 1. The Hall–Kier alpha value is -6.43. The van der Waals surface area contributed by atoms with E-state index in [-0.39, 0.29) is 59.4 Å². The van der Waals surface area contributed by atoms with Gasteiger partial charge in [-0.05, 0) is 19.1 Å². The lowest BCUT2D eigenvalue weighted by Gasteiger charge is -2.49. The molecule has 0 aliphatic carbocycles. The number of thiazole rings is 1. The topological polar surface area (TPSA) is 286 Å². The van der Waals surface area contributed by atoms with Crippen molar-refractivity contribution in [2.45, 2.75) is 24.9 Å². The number of hydrogen-bond acceptors (Lipinski definition) is 16. The third-order valence-corrected chi connectivity index (χ3v) is 10.8. The Labute approximate surface area is 321 Å². The molecule has 1 aromatic carbocycles. The quantitative estimate of drug-likeness (QED) is 0.0736. The first kappa shape index (κ1) is 39.3. The molecule has 0 radical (unpaired) electrons. The Morgan fingerprint density at radius 3 is 2.46 bits per heavy atom. The first-order valence-electron chi connectivity index (χ1n) is 16.5. The number of pyridine rings is 1. The van der Waals surface area contributed by atoms with E-state index in [9.17, 15) is 43.8 Å². The van der Waals surface area contributed by atoms with Gasteiger partial charge in [-0.25, -0.2) is 28.6 Å². The number of nitrogens with two attached hydrogens (primary N) is 1. The second-order valence-electron chi connectivity index (χ2n) is 12.1. The number of amides is 3. The molecular formula is C32H31FN8O13S2. The van der Waals surface area contributed by atoms with E-state index in [0.29, 0.717) is 12.1 Å². The van der Waals surface area contributed by atoms with Crippen molar-refractivity contribution < 1.29 is 62.8 Å². The molecule has 3 aromatic rings. The highest BCUT2D eigenvalue weighted by atomic mass is 32.2. The molecule has 0 spiro atoms. The summed E-state index contributed by atoms with van der Waals surface area (Å²) in [6.07, 6.45) is -1.32. The molecule has 2 aromatic heterocycles. The Bertz CT molecular complexity index is 2270. The summed E-state index contributed by atoms with van der Waals surface area (Å²) in [6, 6.07) is 1.27. The van der Waals surface area contributed by atoms with Gasteiger partial charge in [-0.3, -0.25) is 19.3 Å². The number of piperazine rings is 1. The van der Waals surface area contributed by atoms with Crippen LogP contribution in [0.3, 0.4) is 0 Å². The number of aryl methyl sites for hydroxylation is 1. The summed E-state index contributed by atoms with van der Waals surface area (Å²) in [7, 11) is 0. The number of carboxylic acids is 2. The predicted octanol–water partition coefficient (Wildman–Crippen LogP) is 0.968. The van der Waals surface area contributed by atoms with Gasteiger partial charge in [0.2, 0.25) is 17.9 Å². The van der Waals surface area contributed by atoms with Crippen molar-refractivity contribution in [2.75, 3.05) is 55.8 Å². The number of carbonyl (C=O) groups is 6. The van der Waals surface area contributed by atoms with Crippen molar-refractivity contribution in [3.8, 4) is 0 Å². The Kier molecular flexibility index (Phi) is 11.3. The number of β-lactam (4-membered cyclic amide) rings is 1. The molecule has 6 rings (SSSR count). The highest BCUT2D eigenvalue weighted by molar-refractivity contribution is 8.00. The second-order valence-corrected chi connectivity index (χ2v) is 14.1. The molecule has 24 heteroatoms. The number of carbonyl (C=O) groups excluding carboxylic acids is 3. The molecule has 2 saturated heterocycles. The molecule has 5 heterocycles. The number of hydrogen-bond donors (Lipinski definition) is 5. The van der Waals surface area contributed by atoms with E-state index in [0.717, 1.165) is 34.1 Å². The van der Waals surface area contributed by atoms with Crippen LogP contribution < -0.4 is 21.4 Å². The minimum absolute atomic E-state index is 0.0216. The van der Waals surface area contributed by atoms with Crippen LogP contribution >= 0.6 is 23.1 Å². The van der Waals surface area contributed by atoms with Crippen LogP contribution in [-0.2, 0) is 35.2 Å². The van der Waals surface area contributed by atoms with Crippen molar-refractivity contribution in [2.24, 2.45) is 5.16 Å². The average Bonchev–Trinajstić information content (AvgIpc) is 3.59. The summed E-state index contributed by atoms with van der Waals surface area (Å²) < 4.78 is 27.3. The third-order valence-electron chi connectivity index (χ3n) is 8.76. The van der Waals surface area contributed by atoms with E-state index in [4.69, 9.17) is 25.2 Å². The zero-order valence-corrected chi connectivity index (χ0v) is 30.6. The number of nitrogen functional groups attached to an aromatic ring is 1. The first-order chi connectivity index (χ1) is 26.7. The van der Waals surface area contributed by atoms with Gasteiger partial charge in [-0.1, -0.05) is 5.16 Å². The minimum Gasteiger partial charge on any atom is -0.479 e. The van der Waals surface area contributed by atoms with Crippen LogP contribution in [0.4, 0.5) is 24.8 Å². The number of benzene rings is 1. The molecule has 0 unspecified atom stereocenters. The maximum atomic E-state index is 15.3. The van der Waals surface area contributed by atoms with Crippen LogP contribution in [0, 0.1) is 5.82 Å². The van der Waals surface area contributed by atoms with Crippen LogP contribution in [0.25, 0.3) is 10.9 Å². The second kappa shape index (κ2) is 16.1. The summed E-state index contributed by atoms with van der Waals surface area (Å²) in [5.74, 6) is -5.63. The standard InChI is InChI=1S/C32H31FN8O13S2/c1-2-38-9-16(29(47)48)24(44)15-7-17(33)20(8-19(15)38)39-3-5-40(6-4-39)31(49)52-10-14-12-55-28-23(26(46)41(28)27(14)54-32(50)51)36-25(45)22(37-53-11-21(42)43)18-13-56-30(34)35-18/h7-9,13,23,28H,2-6,10-12H2,1H3,(H2,34,35)(H,36,45)(H,42,43)(H,47,48)(H,50,51)/b37-22-/t23-,28-/m1/s1. The molecule has 6 N–H and O–H groups in total. The highest BCUT2D eigenvalue weighted by Crippen LogP contribution is 2.41. The molecule has 3 aliphatic rings. The molecular weight excluding hydrogens is 788 g/mol. The lowest BCUT2D eigenvalue weighted by molar-refractivity contribution is -0.148. The fraction of sp³-hybridized carbons (Fsp3) is 0.344. The van der Waals surface area contributed by atoms with Gasteiger partial charge in [0.05, 0.1) is 11.2 Å². The number of carboxylic acid groups (broad SMARTS) is 3. The number of fused-ring (bicyclic) bond motifs is 2. The molecule has 21 nitrogen and oxygen atoms in total. The number of nitrogens with zero attached hydrogens (tertiary/aromatic N) is 6. The first-order valence-corrected chi connectivity index (χ1v) is 18.4. The van der Waals surface area contributed by atoms with Gasteiger partial charge >= 0.3 is 24.2 Å². The SMILES string of the molecule is CCn1cc(C(=O)O)c(=O)c2cc(F)c(N3CCN(C(=O)OCC4=C(OC(=O)O)N5C(=O)[C@@H](NC(=O)/C(=N\OCC(=O)O)c6csc(N)n6)[C@H]5SC4)CC3)cc21. The molecule has 56 heavy (non-hydrogen) atoms. The Morgan fingerprint density at radius 2 is 1.84 bits per heavy atom. The number of anilines is 2. The summed E-state index contributed by atoms with van der Waals surface area (Å²) in [5.41, 5.74) is 4.51. The van der Waals surface area contributed by atoms with E-state index in [2.05, 4.69) is 15.5 Å². The zero-order chi connectivity index (χ0) is 40.4. The van der Waals surface area contributed by atoms with Crippen LogP contribution in [0.5, 0.6) is 0 Å². The number of oxime groups is 1. The maximum absolute atomic E-state index is 15.3. The van der Waals surface area contributed by atoms with Gasteiger partial charge in [0.1, 0.15) is 35.1 Å². The molecule has 2 atom stereocenters. The van der Waals surface area contributed by atoms with Crippen molar-refractivity contribution in [3.05, 3.63) is 62.5 Å². The molecule has 296 valence electrons. The number of thioether (sulfide) groups is 1. The predicted molar refractivity (Wildman–Crippen MR) is 194 cm³/mol. The number of rotatable bonds is 12. The lowest BCUT2D eigenvalue weighted by Crippen LogP contribution is -2.70. The number of nitrogens with one attached hydrogen (secondary N) is 1. The molecule has 2 fully saturated rings. The van der Waals surface area contributed by atoms with Crippen LogP contribution in [0.2, 0.25) is 0 Å². The zero-order valence-electron chi connectivity index (χ0n) is 29.0. The monoisotopic (exact) mass is 818 g/mol. The normalized spacial score (nSPS) is 18.3. The van der Waals surface area contributed by atoms with Crippen molar-refractivity contribution >= 4 is 86.5 Å². The van der Waals surface area contributed by atoms with Crippen molar-refractivity contribution in [1.82, 2.24) is 24.7 Å². The van der Waals surface area contributed by atoms with Crippen LogP contribution in [-0.4, -0.2) is 133 Å². The van der Waals surface area contributed by atoms with E-state index >= 15 is 4.39 Å². The summed E-state index contributed by atoms with van der Waals surface area (Å²) >= 11 is 2.08. The van der Waals surface area contributed by atoms with E-state index in [1.54, 1.807) is 11.8 Å². The van der Waals surface area contributed by atoms with Gasteiger partial charge in [0.25, 0.3) is 11.8 Å². The van der Waals surface area contributed by atoms with Gasteiger partial charge in [0, 0.05) is 61.0 Å². The molecule has 3 aliphatic heterocycles.